The molecule has 1 aliphatic rings. The van der Waals surface area contributed by atoms with Crippen molar-refractivity contribution >= 4 is 24.2 Å². The summed E-state index contributed by atoms with van der Waals surface area (Å²) in [7, 11) is 0. The van der Waals surface area contributed by atoms with Gasteiger partial charge in [0.25, 0.3) is 5.69 Å². The second-order valence-corrected chi connectivity index (χ2v) is 7.23. The molecule has 1 aliphatic heterocycles. The van der Waals surface area contributed by atoms with E-state index < -0.39 is 4.92 Å². The van der Waals surface area contributed by atoms with Gasteiger partial charge in [0.05, 0.1) is 28.9 Å². The van der Waals surface area contributed by atoms with E-state index in [9.17, 15) is 10.1 Å². The first-order valence-corrected chi connectivity index (χ1v) is 9.32. The zero-order valence-electron chi connectivity index (χ0n) is 15.8. The fourth-order valence-electron chi connectivity index (χ4n) is 3.24. The first-order chi connectivity index (χ1) is 13.9. The molecule has 0 spiro atoms. The molecular formula is C19H19N7O2S. The molecule has 9 nitrogen and oxygen atoms in total. The van der Waals surface area contributed by atoms with Crippen molar-refractivity contribution in [2.75, 3.05) is 0 Å². The Morgan fingerprint density at radius 2 is 1.83 bits per heavy atom. The zero-order valence-corrected chi connectivity index (χ0v) is 16.7. The van der Waals surface area contributed by atoms with Gasteiger partial charge < -0.3 is 0 Å². The highest BCUT2D eigenvalue weighted by Gasteiger charge is 2.24. The van der Waals surface area contributed by atoms with Crippen LogP contribution in [-0.2, 0) is 6.54 Å². The molecule has 0 saturated carbocycles. The van der Waals surface area contributed by atoms with Crippen molar-refractivity contribution < 1.29 is 4.92 Å². The number of benzene rings is 2. The van der Waals surface area contributed by atoms with E-state index in [0.29, 0.717) is 17.4 Å². The third-order valence-corrected chi connectivity index (χ3v) is 4.96. The largest absolute Gasteiger partial charge is 0.269 e. The smallest absolute Gasteiger partial charge is 0.266 e. The highest BCUT2D eigenvalue weighted by Crippen LogP contribution is 2.23. The fraction of sp³-hybridized carbons (Fsp3) is 0.158. The van der Waals surface area contributed by atoms with Gasteiger partial charge in [0.2, 0.25) is 0 Å². The van der Waals surface area contributed by atoms with Crippen LogP contribution in [0.1, 0.15) is 22.3 Å². The lowest BCUT2D eigenvalue weighted by Gasteiger charge is -2.18. The van der Waals surface area contributed by atoms with E-state index in [0.717, 1.165) is 27.9 Å². The number of non-ortho nitro benzene ring substituents is 1. The molecule has 0 saturated heterocycles. The minimum atomic E-state index is -0.416. The molecule has 0 atom stereocenters. The Morgan fingerprint density at radius 1 is 1.14 bits per heavy atom. The molecule has 4 rings (SSSR count). The molecule has 29 heavy (non-hydrogen) atoms. The normalized spacial score (nSPS) is 13.3. The Bertz CT molecular complexity index is 1090. The summed E-state index contributed by atoms with van der Waals surface area (Å²) in [5.41, 5.74) is 10.6. The van der Waals surface area contributed by atoms with E-state index >= 15 is 0 Å². The Labute approximate surface area is 172 Å². The predicted molar refractivity (Wildman–Crippen MR) is 112 cm³/mol. The van der Waals surface area contributed by atoms with Gasteiger partial charge in [-0.1, -0.05) is 18.2 Å². The van der Waals surface area contributed by atoms with Crippen LogP contribution < -0.4 is 11.1 Å². The highest BCUT2D eigenvalue weighted by atomic mass is 32.1. The number of amidine groups is 1. The molecule has 0 unspecified atom stereocenters. The van der Waals surface area contributed by atoms with Crippen molar-refractivity contribution in [3.63, 3.8) is 0 Å². The quantitative estimate of drug-likeness (QED) is 0.340. The third-order valence-electron chi connectivity index (χ3n) is 4.53. The summed E-state index contributed by atoms with van der Waals surface area (Å²) in [5, 5.41) is 22.1. The highest BCUT2D eigenvalue weighted by molar-refractivity contribution is 7.80. The number of hydrazone groups is 1. The van der Waals surface area contributed by atoms with Crippen molar-refractivity contribution in [1.82, 2.24) is 25.9 Å². The van der Waals surface area contributed by atoms with Crippen LogP contribution in [0.25, 0.3) is 5.69 Å². The molecule has 0 fully saturated rings. The lowest BCUT2D eigenvalue weighted by Crippen LogP contribution is -2.40. The molecule has 0 aliphatic carbocycles. The first kappa shape index (κ1) is 19.0. The summed E-state index contributed by atoms with van der Waals surface area (Å²) in [6, 6.07) is 12.6. The number of nitro groups is 1. The molecule has 0 radical (unpaired) electrons. The molecular weight excluding hydrogens is 390 g/mol. The second-order valence-electron chi connectivity index (χ2n) is 6.81. The van der Waals surface area contributed by atoms with Crippen LogP contribution in [0, 0.1) is 24.0 Å². The number of nitrogens with zero attached hydrogens (tertiary/aromatic N) is 5. The summed E-state index contributed by atoms with van der Waals surface area (Å²) >= 11 is 4.68. The number of aryl methyl sites for hydroxylation is 2. The Hall–Kier alpha value is -3.37. The van der Waals surface area contributed by atoms with Crippen LogP contribution in [0.2, 0.25) is 0 Å². The summed E-state index contributed by atoms with van der Waals surface area (Å²) in [6.07, 6.45) is 1.72. The number of nitro benzene ring substituents is 1. The van der Waals surface area contributed by atoms with Gasteiger partial charge in [-0.25, -0.2) is 10.2 Å². The van der Waals surface area contributed by atoms with Crippen LogP contribution in [0.15, 0.2) is 58.8 Å². The van der Waals surface area contributed by atoms with Gasteiger partial charge in [0.15, 0.2) is 5.84 Å². The fourth-order valence-corrected chi connectivity index (χ4v) is 3.56. The van der Waals surface area contributed by atoms with Crippen molar-refractivity contribution in [2.24, 2.45) is 5.10 Å². The molecule has 2 N–H and O–H groups in total. The van der Waals surface area contributed by atoms with Crippen LogP contribution >= 0.6 is 12.6 Å². The van der Waals surface area contributed by atoms with Crippen molar-refractivity contribution in [3.05, 3.63) is 81.0 Å². The van der Waals surface area contributed by atoms with E-state index in [1.165, 1.54) is 12.1 Å². The topological polar surface area (TPSA) is 101 Å². The predicted octanol–water partition coefficient (Wildman–Crippen LogP) is 2.87. The third kappa shape index (κ3) is 3.80. The second kappa shape index (κ2) is 7.57. The van der Waals surface area contributed by atoms with Gasteiger partial charge in [-0.3, -0.25) is 15.1 Å². The summed E-state index contributed by atoms with van der Waals surface area (Å²) in [4.78, 5) is 10.4. The van der Waals surface area contributed by atoms with Gasteiger partial charge in [-0.05, 0) is 42.7 Å². The summed E-state index contributed by atoms with van der Waals surface area (Å²) < 4.78 is 1.77. The van der Waals surface area contributed by atoms with Gasteiger partial charge in [0, 0.05) is 12.1 Å². The minimum absolute atomic E-state index is 0.0579. The van der Waals surface area contributed by atoms with Crippen LogP contribution in [-0.4, -0.2) is 25.5 Å². The van der Waals surface area contributed by atoms with Crippen LogP contribution in [0.4, 0.5) is 5.69 Å². The Balaban J connectivity index is 1.59. The summed E-state index contributed by atoms with van der Waals surface area (Å²) in [6.45, 7) is 4.53. The zero-order chi connectivity index (χ0) is 20.5. The maximum atomic E-state index is 10.8. The number of aromatic nitrogens is 2. The monoisotopic (exact) mass is 409 g/mol. The number of nitrogens with one attached hydrogen (secondary N) is 2. The van der Waals surface area contributed by atoms with Gasteiger partial charge in [0.1, 0.15) is 5.03 Å². The SMILES string of the molecule is Cc1cc(C)cc(-n2ncc(C3=NNNN3Cc3ccc([N+](=O)[O-])cc3)c2S)c1. The van der Waals surface area contributed by atoms with Crippen molar-refractivity contribution in [1.29, 1.82) is 0 Å². The number of thiol groups is 1. The molecule has 2 heterocycles. The van der Waals surface area contributed by atoms with E-state index in [1.54, 1.807) is 28.0 Å². The van der Waals surface area contributed by atoms with Gasteiger partial charge >= 0.3 is 0 Å². The van der Waals surface area contributed by atoms with Crippen molar-refractivity contribution in [2.45, 2.75) is 25.4 Å². The average Bonchev–Trinajstić information content (AvgIpc) is 3.27. The lowest BCUT2D eigenvalue weighted by molar-refractivity contribution is -0.384. The Kier molecular flexibility index (Phi) is 4.95. The molecule has 0 bridgehead atoms. The number of rotatable bonds is 5. The standard InChI is InChI=1S/C19H19N7O2S/c1-12-7-13(2)9-16(8-12)25-19(29)17(10-20-25)18-21-22-23-24(18)11-14-3-5-15(6-4-14)26(27)28/h3-10,22-23,29H,11H2,1-2H3. The van der Waals surface area contributed by atoms with E-state index in [4.69, 9.17) is 0 Å². The molecule has 0 amide bonds. The van der Waals surface area contributed by atoms with Crippen molar-refractivity contribution in [3.8, 4) is 5.69 Å². The van der Waals surface area contributed by atoms with Gasteiger partial charge in [-0.2, -0.15) is 5.10 Å². The molecule has 2 aromatic carbocycles. The molecule has 3 aromatic rings. The first-order valence-electron chi connectivity index (χ1n) is 8.87. The van der Waals surface area contributed by atoms with E-state index in [1.807, 2.05) is 26.0 Å². The van der Waals surface area contributed by atoms with E-state index in [-0.39, 0.29) is 5.69 Å². The van der Waals surface area contributed by atoms with E-state index in [2.05, 4.69) is 40.0 Å². The average molecular weight is 409 g/mol. The number of hydrogen-bond donors (Lipinski definition) is 3. The van der Waals surface area contributed by atoms with Gasteiger partial charge in [-0.15, -0.1) is 23.3 Å². The molecule has 148 valence electrons. The molecule has 10 heteroatoms. The number of hydrogen-bond acceptors (Lipinski definition) is 8. The molecule has 1 aromatic heterocycles. The minimum Gasteiger partial charge on any atom is -0.266 e. The Morgan fingerprint density at radius 3 is 2.48 bits per heavy atom. The van der Waals surface area contributed by atoms with Crippen LogP contribution in [0.3, 0.4) is 0 Å². The number of hydrazine groups is 2. The maximum absolute atomic E-state index is 10.8. The lowest BCUT2D eigenvalue weighted by atomic mass is 10.1. The maximum Gasteiger partial charge on any atom is 0.269 e. The summed E-state index contributed by atoms with van der Waals surface area (Å²) in [5.74, 6) is 0.629. The van der Waals surface area contributed by atoms with Crippen LogP contribution in [0.5, 0.6) is 0 Å².